The molecule has 0 aliphatic rings. The van der Waals surface area contributed by atoms with Crippen molar-refractivity contribution >= 4 is 21.6 Å². The zero-order valence-electron chi connectivity index (χ0n) is 13.7. The number of sulfonamides is 1. The highest BCUT2D eigenvalue weighted by atomic mass is 32.2. The third kappa shape index (κ3) is 4.20. The van der Waals surface area contributed by atoms with Gasteiger partial charge in [0.1, 0.15) is 0 Å². The molecule has 0 fully saturated rings. The first-order valence-corrected chi connectivity index (χ1v) is 8.70. The molecule has 0 spiro atoms. The smallest absolute Gasteiger partial charge is 0.270 e. The van der Waals surface area contributed by atoms with E-state index in [1.165, 1.54) is 38.4 Å². The van der Waals surface area contributed by atoms with Crippen molar-refractivity contribution in [1.29, 1.82) is 0 Å². The molecule has 132 valence electrons. The summed E-state index contributed by atoms with van der Waals surface area (Å²) in [4.78, 5) is 22.5. The standard InChI is InChI=1S/C16H17N3O5S/c1-18(2)25(23,24)15-9-4-3-6-13(15)11-17-16(20)12-7-5-8-14(10-12)19(21)22/h3-10H,11H2,1-2H3,(H,17,20). The average Bonchev–Trinajstić information content (AvgIpc) is 2.59. The van der Waals surface area contributed by atoms with Crippen LogP contribution in [0, 0.1) is 10.1 Å². The average molecular weight is 363 g/mol. The number of carbonyl (C=O) groups excluding carboxylic acids is 1. The largest absolute Gasteiger partial charge is 0.348 e. The summed E-state index contributed by atoms with van der Waals surface area (Å²) in [6.07, 6.45) is 0. The van der Waals surface area contributed by atoms with Crippen LogP contribution in [0.5, 0.6) is 0 Å². The van der Waals surface area contributed by atoms with Gasteiger partial charge in [0.05, 0.1) is 9.82 Å². The van der Waals surface area contributed by atoms with Gasteiger partial charge in [-0.1, -0.05) is 24.3 Å². The Morgan fingerprint density at radius 1 is 1.16 bits per heavy atom. The second-order valence-corrected chi connectivity index (χ2v) is 7.51. The highest BCUT2D eigenvalue weighted by molar-refractivity contribution is 7.89. The van der Waals surface area contributed by atoms with E-state index in [1.807, 2.05) is 0 Å². The summed E-state index contributed by atoms with van der Waals surface area (Å²) in [5.74, 6) is -0.527. The molecular formula is C16H17N3O5S. The molecular weight excluding hydrogens is 346 g/mol. The van der Waals surface area contributed by atoms with E-state index in [1.54, 1.807) is 18.2 Å². The van der Waals surface area contributed by atoms with Crippen molar-refractivity contribution in [3.05, 3.63) is 69.8 Å². The van der Waals surface area contributed by atoms with E-state index < -0.39 is 20.9 Å². The summed E-state index contributed by atoms with van der Waals surface area (Å²) in [5, 5.41) is 13.4. The van der Waals surface area contributed by atoms with Gasteiger partial charge in [0.25, 0.3) is 11.6 Å². The minimum Gasteiger partial charge on any atom is -0.348 e. The van der Waals surface area contributed by atoms with Crippen LogP contribution in [0.15, 0.2) is 53.4 Å². The quantitative estimate of drug-likeness (QED) is 0.621. The third-order valence-corrected chi connectivity index (χ3v) is 5.41. The molecule has 0 aromatic heterocycles. The predicted octanol–water partition coefficient (Wildman–Crippen LogP) is 1.78. The molecule has 0 aliphatic heterocycles. The maximum Gasteiger partial charge on any atom is 0.270 e. The van der Waals surface area contributed by atoms with E-state index in [2.05, 4.69) is 5.32 Å². The molecule has 0 saturated heterocycles. The molecule has 8 nitrogen and oxygen atoms in total. The Labute approximate surface area is 145 Å². The van der Waals surface area contributed by atoms with E-state index in [0.717, 1.165) is 10.4 Å². The Kier molecular flexibility index (Phi) is 5.50. The fourth-order valence-electron chi connectivity index (χ4n) is 2.14. The van der Waals surface area contributed by atoms with E-state index in [0.29, 0.717) is 5.56 Å². The first kappa shape index (κ1) is 18.6. The molecule has 25 heavy (non-hydrogen) atoms. The maximum absolute atomic E-state index is 12.3. The molecule has 9 heteroatoms. The summed E-state index contributed by atoms with van der Waals surface area (Å²) >= 11 is 0. The molecule has 2 aromatic rings. The van der Waals surface area contributed by atoms with E-state index in [4.69, 9.17) is 0 Å². The zero-order valence-corrected chi connectivity index (χ0v) is 14.5. The Balaban J connectivity index is 2.21. The van der Waals surface area contributed by atoms with Gasteiger partial charge in [0.2, 0.25) is 10.0 Å². The Bertz CT molecular complexity index is 909. The van der Waals surface area contributed by atoms with Crippen molar-refractivity contribution < 1.29 is 18.1 Å². The van der Waals surface area contributed by atoms with Crippen molar-refractivity contribution in [3.63, 3.8) is 0 Å². The normalized spacial score (nSPS) is 11.3. The third-order valence-electron chi connectivity index (χ3n) is 3.49. The van der Waals surface area contributed by atoms with Crippen LogP contribution in [-0.2, 0) is 16.6 Å². The van der Waals surface area contributed by atoms with Crippen molar-refractivity contribution in [2.45, 2.75) is 11.4 Å². The van der Waals surface area contributed by atoms with E-state index in [-0.39, 0.29) is 22.7 Å². The number of benzene rings is 2. The van der Waals surface area contributed by atoms with Crippen LogP contribution in [0.1, 0.15) is 15.9 Å². The van der Waals surface area contributed by atoms with Gasteiger partial charge in [0, 0.05) is 38.3 Å². The van der Waals surface area contributed by atoms with Crippen LogP contribution < -0.4 is 5.32 Å². The van der Waals surface area contributed by atoms with E-state index >= 15 is 0 Å². The van der Waals surface area contributed by atoms with Crippen LogP contribution >= 0.6 is 0 Å². The number of hydrogen-bond acceptors (Lipinski definition) is 5. The lowest BCUT2D eigenvalue weighted by molar-refractivity contribution is -0.384. The predicted molar refractivity (Wildman–Crippen MR) is 91.6 cm³/mol. The fourth-order valence-corrected chi connectivity index (χ4v) is 3.25. The Hall–Kier alpha value is -2.78. The summed E-state index contributed by atoms with van der Waals surface area (Å²) in [7, 11) is -0.797. The van der Waals surface area contributed by atoms with Gasteiger partial charge in [-0.15, -0.1) is 0 Å². The number of hydrogen-bond donors (Lipinski definition) is 1. The molecule has 2 rings (SSSR count). The Morgan fingerprint density at radius 2 is 1.84 bits per heavy atom. The Morgan fingerprint density at radius 3 is 2.48 bits per heavy atom. The van der Waals surface area contributed by atoms with E-state index in [9.17, 15) is 23.3 Å². The topological polar surface area (TPSA) is 110 Å². The van der Waals surface area contributed by atoms with Crippen LogP contribution in [0.2, 0.25) is 0 Å². The highest BCUT2D eigenvalue weighted by Gasteiger charge is 2.21. The summed E-state index contributed by atoms with van der Waals surface area (Å²) in [6.45, 7) is -0.0230. The molecule has 2 aromatic carbocycles. The lowest BCUT2D eigenvalue weighted by Gasteiger charge is -2.15. The summed E-state index contributed by atoms with van der Waals surface area (Å²) in [5.41, 5.74) is 0.361. The van der Waals surface area contributed by atoms with Crippen LogP contribution in [0.25, 0.3) is 0 Å². The molecule has 0 aliphatic carbocycles. The number of non-ortho nitro benzene ring substituents is 1. The first-order valence-electron chi connectivity index (χ1n) is 7.26. The molecule has 1 N–H and O–H groups in total. The van der Waals surface area contributed by atoms with Gasteiger partial charge < -0.3 is 5.32 Å². The number of nitrogens with zero attached hydrogens (tertiary/aromatic N) is 2. The molecule has 0 saturated carbocycles. The number of nitrogens with one attached hydrogen (secondary N) is 1. The summed E-state index contributed by atoms with van der Waals surface area (Å²) in [6, 6.07) is 11.6. The lowest BCUT2D eigenvalue weighted by Crippen LogP contribution is -2.27. The second kappa shape index (κ2) is 7.41. The molecule has 0 atom stereocenters. The second-order valence-electron chi connectivity index (χ2n) is 5.39. The van der Waals surface area contributed by atoms with Crippen LogP contribution in [0.3, 0.4) is 0 Å². The number of nitro groups is 1. The molecule has 0 unspecified atom stereocenters. The van der Waals surface area contributed by atoms with Gasteiger partial charge in [-0.25, -0.2) is 12.7 Å². The number of amides is 1. The minimum atomic E-state index is -3.65. The van der Waals surface area contributed by atoms with Crippen LogP contribution in [0.4, 0.5) is 5.69 Å². The molecule has 1 amide bonds. The maximum atomic E-state index is 12.3. The lowest BCUT2D eigenvalue weighted by atomic mass is 10.1. The first-order chi connectivity index (χ1) is 11.7. The number of rotatable bonds is 6. The van der Waals surface area contributed by atoms with Gasteiger partial charge in [-0.3, -0.25) is 14.9 Å². The SMILES string of the molecule is CN(C)S(=O)(=O)c1ccccc1CNC(=O)c1cccc([N+](=O)[O-])c1. The highest BCUT2D eigenvalue weighted by Crippen LogP contribution is 2.19. The van der Waals surface area contributed by atoms with Gasteiger partial charge in [0.15, 0.2) is 0 Å². The molecule has 0 heterocycles. The zero-order chi connectivity index (χ0) is 18.6. The van der Waals surface area contributed by atoms with Gasteiger partial charge >= 0.3 is 0 Å². The number of nitro benzene ring substituents is 1. The molecule has 0 bridgehead atoms. The van der Waals surface area contributed by atoms with Crippen molar-refractivity contribution in [3.8, 4) is 0 Å². The summed E-state index contributed by atoms with van der Waals surface area (Å²) < 4.78 is 25.7. The van der Waals surface area contributed by atoms with Gasteiger partial charge in [-0.05, 0) is 17.7 Å². The fraction of sp³-hybridized carbons (Fsp3) is 0.188. The van der Waals surface area contributed by atoms with Crippen LogP contribution in [-0.4, -0.2) is 37.6 Å². The van der Waals surface area contributed by atoms with Crippen molar-refractivity contribution in [2.75, 3.05) is 14.1 Å². The van der Waals surface area contributed by atoms with Crippen molar-refractivity contribution in [1.82, 2.24) is 9.62 Å². The monoisotopic (exact) mass is 363 g/mol. The minimum absolute atomic E-state index is 0.0230. The van der Waals surface area contributed by atoms with Crippen molar-refractivity contribution in [2.24, 2.45) is 0 Å². The van der Waals surface area contributed by atoms with Gasteiger partial charge in [-0.2, -0.15) is 0 Å². The molecule has 0 radical (unpaired) electrons. The number of carbonyl (C=O) groups is 1.